The summed E-state index contributed by atoms with van der Waals surface area (Å²) in [6, 6.07) is 27.8. The topological polar surface area (TPSA) is 49.8 Å². The van der Waals surface area contributed by atoms with E-state index in [9.17, 15) is 9.65 Å². The fourth-order valence-electron chi connectivity index (χ4n) is 4.82. The molecule has 0 saturated heterocycles. The number of nitrogens with zero attached hydrogens (tertiary/aromatic N) is 2. The standard InChI is InChI=1S/C31H16B3FN2O/c1-16-5-7-17(8-6-16)18-9-11-19(12-10-18)24-20(15-36)13-14-22-21-3-2-4-23(29(21)38-30(22)24)28-26(33)25(32)27(35)31(34)37-28/h2-14H,1H3. The first-order valence-corrected chi connectivity index (χ1v) is 11.9. The molecule has 38 heavy (non-hydrogen) atoms. The van der Waals surface area contributed by atoms with Gasteiger partial charge in [0.25, 0.3) is 0 Å². The molecule has 0 aliphatic rings. The van der Waals surface area contributed by atoms with E-state index in [4.69, 9.17) is 28.0 Å². The van der Waals surface area contributed by atoms with Crippen LogP contribution >= 0.6 is 0 Å². The van der Waals surface area contributed by atoms with Crippen molar-refractivity contribution in [3.63, 3.8) is 0 Å². The van der Waals surface area contributed by atoms with Gasteiger partial charge in [0.15, 0.2) is 0 Å². The average Bonchev–Trinajstić information content (AvgIpc) is 3.33. The monoisotopic (exact) mass is 484 g/mol. The molecule has 0 spiro atoms. The summed E-state index contributed by atoms with van der Waals surface area (Å²) in [7, 11) is 17.7. The van der Waals surface area contributed by atoms with E-state index in [0.717, 1.165) is 27.5 Å². The van der Waals surface area contributed by atoms with Gasteiger partial charge in [-0.15, -0.1) is 0 Å². The summed E-state index contributed by atoms with van der Waals surface area (Å²) in [5.74, 6) is -0.849. The highest BCUT2D eigenvalue weighted by Gasteiger charge is 2.21. The Morgan fingerprint density at radius 3 is 2.08 bits per heavy atom. The molecule has 172 valence electrons. The maximum Gasteiger partial charge on any atom is 0.145 e. The molecule has 0 atom stereocenters. The lowest BCUT2D eigenvalue weighted by atomic mass is 9.76. The number of halogens is 1. The molecule has 6 radical (unpaired) electrons. The molecular weight excluding hydrogens is 468 g/mol. The lowest BCUT2D eigenvalue weighted by Gasteiger charge is -2.12. The van der Waals surface area contributed by atoms with Crippen molar-refractivity contribution in [1.29, 1.82) is 5.26 Å². The molecule has 0 bridgehead atoms. The molecular formula is C31H16B3FN2O. The minimum absolute atomic E-state index is 0.0192. The second-order valence-corrected chi connectivity index (χ2v) is 9.19. The molecule has 0 saturated carbocycles. The summed E-state index contributed by atoms with van der Waals surface area (Å²) in [6.45, 7) is 2.06. The van der Waals surface area contributed by atoms with Crippen LogP contribution < -0.4 is 16.5 Å². The number of fused-ring (bicyclic) bond motifs is 3. The van der Waals surface area contributed by atoms with E-state index in [0.29, 0.717) is 27.9 Å². The van der Waals surface area contributed by atoms with Crippen molar-refractivity contribution >= 4 is 62.0 Å². The Morgan fingerprint density at radius 2 is 1.39 bits per heavy atom. The molecule has 4 aromatic carbocycles. The maximum absolute atomic E-state index is 14.2. The number of hydrogen-bond donors (Lipinski definition) is 0. The normalized spacial score (nSPS) is 11.2. The van der Waals surface area contributed by atoms with E-state index in [2.05, 4.69) is 42.2 Å². The third-order valence-electron chi connectivity index (χ3n) is 6.84. The smallest absolute Gasteiger partial charge is 0.145 e. The molecule has 7 heteroatoms. The molecule has 3 nitrogen and oxygen atoms in total. The first kappa shape index (κ1) is 23.8. The Bertz CT molecular complexity index is 1920. The van der Waals surface area contributed by atoms with E-state index in [1.54, 1.807) is 12.1 Å². The maximum atomic E-state index is 14.2. The van der Waals surface area contributed by atoms with Crippen LogP contribution in [0.5, 0.6) is 0 Å². The number of para-hydroxylation sites is 1. The summed E-state index contributed by atoms with van der Waals surface area (Å²) in [5, 5.41) is 11.6. The van der Waals surface area contributed by atoms with Crippen molar-refractivity contribution in [1.82, 2.24) is 4.98 Å². The van der Waals surface area contributed by atoms with Crippen LogP contribution in [0.1, 0.15) is 11.1 Å². The van der Waals surface area contributed by atoms with Gasteiger partial charge in [-0.05, 0) is 41.8 Å². The Kier molecular flexibility index (Phi) is 5.69. The second kappa shape index (κ2) is 9.08. The molecule has 2 aromatic heterocycles. The molecule has 0 aliphatic carbocycles. The first-order chi connectivity index (χ1) is 18.4. The number of rotatable bonds is 3. The van der Waals surface area contributed by atoms with Crippen LogP contribution in [0.2, 0.25) is 0 Å². The SMILES string of the molecule is [B]c1nc(-c2cccc3c2oc2c(-c4ccc(-c5ccc(C)cc5)cc4)c(C#N)ccc23)c([B])c([B])c1F. The molecule has 6 rings (SSSR count). The summed E-state index contributed by atoms with van der Waals surface area (Å²) in [4.78, 5) is 4.17. The fraction of sp³-hybridized carbons (Fsp3) is 0.0323. The zero-order valence-electron chi connectivity index (χ0n) is 20.4. The number of aromatic nitrogens is 1. The molecule has 0 aliphatic heterocycles. The van der Waals surface area contributed by atoms with Crippen molar-refractivity contribution < 1.29 is 8.81 Å². The van der Waals surface area contributed by atoms with Crippen LogP contribution in [-0.4, -0.2) is 28.5 Å². The number of hydrogen-bond acceptors (Lipinski definition) is 3. The number of benzene rings is 4. The van der Waals surface area contributed by atoms with Gasteiger partial charge in [-0.1, -0.05) is 77.2 Å². The van der Waals surface area contributed by atoms with Crippen molar-refractivity contribution in [3.05, 3.63) is 95.8 Å². The predicted molar refractivity (Wildman–Crippen MR) is 153 cm³/mol. The van der Waals surface area contributed by atoms with E-state index >= 15 is 0 Å². The van der Waals surface area contributed by atoms with Crippen molar-refractivity contribution in [3.8, 4) is 39.6 Å². The van der Waals surface area contributed by atoms with Crippen molar-refractivity contribution in [2.75, 3.05) is 0 Å². The van der Waals surface area contributed by atoms with Gasteiger partial charge in [0.1, 0.15) is 40.5 Å². The molecule has 0 fully saturated rings. The Hall–Kier alpha value is -4.56. The van der Waals surface area contributed by atoms with Gasteiger partial charge >= 0.3 is 0 Å². The highest BCUT2D eigenvalue weighted by Crippen LogP contribution is 2.41. The molecule has 2 heterocycles. The lowest BCUT2D eigenvalue weighted by molar-refractivity contribution is 0.641. The Balaban J connectivity index is 1.57. The Labute approximate surface area is 223 Å². The van der Waals surface area contributed by atoms with Crippen molar-refractivity contribution in [2.24, 2.45) is 0 Å². The van der Waals surface area contributed by atoms with Crippen LogP contribution in [0.25, 0.3) is 55.4 Å². The number of pyridine rings is 1. The van der Waals surface area contributed by atoms with Gasteiger partial charge in [0.2, 0.25) is 0 Å². The Morgan fingerprint density at radius 1 is 0.763 bits per heavy atom. The lowest BCUT2D eigenvalue weighted by Crippen LogP contribution is -2.38. The third-order valence-corrected chi connectivity index (χ3v) is 6.84. The summed E-state index contributed by atoms with van der Waals surface area (Å²) in [5.41, 5.74) is 6.55. The van der Waals surface area contributed by atoms with Gasteiger partial charge in [-0.3, -0.25) is 4.98 Å². The third kappa shape index (κ3) is 3.73. The van der Waals surface area contributed by atoms with E-state index in [-0.39, 0.29) is 22.2 Å². The van der Waals surface area contributed by atoms with Gasteiger partial charge in [0.05, 0.1) is 17.3 Å². The van der Waals surface area contributed by atoms with E-state index in [1.165, 1.54) is 5.56 Å². The minimum atomic E-state index is -0.849. The predicted octanol–water partition coefficient (Wildman–Crippen LogP) is 4.68. The molecule has 0 unspecified atom stereocenters. The van der Waals surface area contributed by atoms with Gasteiger partial charge in [0, 0.05) is 27.5 Å². The minimum Gasteiger partial charge on any atom is -0.455 e. The van der Waals surface area contributed by atoms with Crippen LogP contribution in [-0.2, 0) is 0 Å². The molecule has 0 amide bonds. The zero-order valence-corrected chi connectivity index (χ0v) is 20.4. The fourth-order valence-corrected chi connectivity index (χ4v) is 4.82. The summed E-state index contributed by atoms with van der Waals surface area (Å²) >= 11 is 0. The highest BCUT2D eigenvalue weighted by molar-refractivity contribution is 6.52. The highest BCUT2D eigenvalue weighted by atomic mass is 19.1. The van der Waals surface area contributed by atoms with Crippen LogP contribution in [0.4, 0.5) is 4.39 Å². The molecule has 6 aromatic rings. The zero-order chi connectivity index (χ0) is 26.6. The number of furan rings is 1. The number of aryl methyl sites for hydroxylation is 1. The quantitative estimate of drug-likeness (QED) is 0.343. The second-order valence-electron chi connectivity index (χ2n) is 9.19. The largest absolute Gasteiger partial charge is 0.455 e. The van der Waals surface area contributed by atoms with Gasteiger partial charge in [-0.2, -0.15) is 5.26 Å². The average molecular weight is 484 g/mol. The van der Waals surface area contributed by atoms with E-state index in [1.807, 2.05) is 42.5 Å². The summed E-state index contributed by atoms with van der Waals surface area (Å²) < 4.78 is 20.6. The van der Waals surface area contributed by atoms with E-state index < -0.39 is 5.82 Å². The van der Waals surface area contributed by atoms with Gasteiger partial charge < -0.3 is 4.42 Å². The summed E-state index contributed by atoms with van der Waals surface area (Å²) in [6.07, 6.45) is 0. The van der Waals surface area contributed by atoms with Crippen LogP contribution in [0.15, 0.2) is 83.3 Å². The van der Waals surface area contributed by atoms with Crippen molar-refractivity contribution in [2.45, 2.75) is 6.92 Å². The molecule has 0 N–H and O–H groups in total. The van der Waals surface area contributed by atoms with Crippen LogP contribution in [0.3, 0.4) is 0 Å². The number of nitriles is 1. The first-order valence-electron chi connectivity index (χ1n) is 11.9. The van der Waals surface area contributed by atoms with Crippen LogP contribution in [0, 0.1) is 24.1 Å². The van der Waals surface area contributed by atoms with Gasteiger partial charge in [-0.25, -0.2) is 4.39 Å².